The van der Waals surface area contributed by atoms with Gasteiger partial charge in [0, 0.05) is 5.69 Å². The van der Waals surface area contributed by atoms with Crippen molar-refractivity contribution in [2.45, 2.75) is 25.8 Å². The molecule has 6 heteroatoms. The Hall–Kier alpha value is -2.89. The summed E-state index contributed by atoms with van der Waals surface area (Å²) in [7, 11) is 1.66. The van der Waals surface area contributed by atoms with Crippen LogP contribution in [0.3, 0.4) is 0 Å². The molecule has 0 aliphatic carbocycles. The van der Waals surface area contributed by atoms with Gasteiger partial charge >= 0.3 is 0 Å². The highest BCUT2D eigenvalue weighted by molar-refractivity contribution is 5.49. The summed E-state index contributed by atoms with van der Waals surface area (Å²) >= 11 is 0. The number of anilines is 1. The molecule has 0 aliphatic heterocycles. The Balaban J connectivity index is 1.94. The number of hydrogen-bond donors (Lipinski definition) is 1. The van der Waals surface area contributed by atoms with Crippen molar-refractivity contribution in [3.05, 3.63) is 60.4 Å². The van der Waals surface area contributed by atoms with E-state index in [-0.39, 0.29) is 0 Å². The van der Waals surface area contributed by atoms with Gasteiger partial charge in [-0.3, -0.25) is 0 Å². The highest BCUT2D eigenvalue weighted by Crippen LogP contribution is 2.29. The molecule has 1 aromatic heterocycles. The predicted molar refractivity (Wildman–Crippen MR) is 93.4 cm³/mol. The smallest absolute Gasteiger partial charge is 0.181 e. The molecule has 0 unspecified atom stereocenters. The highest BCUT2D eigenvalue weighted by atomic mass is 16.5. The van der Waals surface area contributed by atoms with E-state index in [1.165, 1.54) is 0 Å². The number of nitrogens with one attached hydrogen (secondary N) is 1. The van der Waals surface area contributed by atoms with Gasteiger partial charge in [0.2, 0.25) is 0 Å². The minimum atomic E-state index is -0.409. The van der Waals surface area contributed by atoms with Crippen molar-refractivity contribution < 1.29 is 4.74 Å². The third kappa shape index (κ3) is 3.08. The third-order valence-corrected chi connectivity index (χ3v) is 4.18. The van der Waals surface area contributed by atoms with Gasteiger partial charge < -0.3 is 10.1 Å². The van der Waals surface area contributed by atoms with Gasteiger partial charge in [0.1, 0.15) is 5.75 Å². The van der Waals surface area contributed by atoms with Gasteiger partial charge in [-0.15, -0.1) is 5.10 Å². The number of ether oxygens (including phenoxy) is 1. The maximum absolute atomic E-state index is 5.21. The fourth-order valence-corrected chi connectivity index (χ4v) is 2.57. The number of methoxy groups -OCH3 is 1. The summed E-state index contributed by atoms with van der Waals surface area (Å²) in [4.78, 5) is 0. The quantitative estimate of drug-likeness (QED) is 0.753. The summed E-state index contributed by atoms with van der Waals surface area (Å²) in [5.41, 5.74) is 1.52. The van der Waals surface area contributed by atoms with Crippen LogP contribution in [-0.4, -0.2) is 27.3 Å². The summed E-state index contributed by atoms with van der Waals surface area (Å²) in [5.74, 6) is 1.60. The van der Waals surface area contributed by atoms with Crippen molar-refractivity contribution in [2.24, 2.45) is 0 Å². The first kappa shape index (κ1) is 16.0. The number of para-hydroxylation sites is 1. The molecule has 0 saturated carbocycles. The number of benzene rings is 2. The molecule has 0 fully saturated rings. The lowest BCUT2D eigenvalue weighted by Gasteiger charge is -2.29. The Morgan fingerprint density at radius 1 is 1.08 bits per heavy atom. The summed E-state index contributed by atoms with van der Waals surface area (Å²) < 4.78 is 6.99. The molecule has 0 amide bonds. The molecule has 3 aromatic rings. The second kappa shape index (κ2) is 6.70. The van der Waals surface area contributed by atoms with Crippen LogP contribution in [0.25, 0.3) is 5.69 Å². The van der Waals surface area contributed by atoms with Crippen molar-refractivity contribution in [3.63, 3.8) is 0 Å². The van der Waals surface area contributed by atoms with E-state index in [4.69, 9.17) is 4.74 Å². The molecule has 0 spiro atoms. The fourth-order valence-electron chi connectivity index (χ4n) is 2.57. The van der Waals surface area contributed by atoms with E-state index in [0.717, 1.165) is 29.4 Å². The Morgan fingerprint density at radius 2 is 1.79 bits per heavy atom. The summed E-state index contributed by atoms with van der Waals surface area (Å²) in [6.07, 6.45) is 0.826. The van der Waals surface area contributed by atoms with E-state index in [1.54, 1.807) is 11.8 Å². The van der Waals surface area contributed by atoms with Gasteiger partial charge in [0.25, 0.3) is 0 Å². The molecule has 0 saturated heterocycles. The molecule has 2 aromatic carbocycles. The first-order valence-corrected chi connectivity index (χ1v) is 7.93. The zero-order valence-electron chi connectivity index (χ0n) is 14.1. The summed E-state index contributed by atoms with van der Waals surface area (Å²) in [6.45, 7) is 4.21. The second-order valence-corrected chi connectivity index (χ2v) is 5.79. The molecule has 1 N–H and O–H groups in total. The van der Waals surface area contributed by atoms with Crippen molar-refractivity contribution in [2.75, 3.05) is 12.4 Å². The molecular weight excluding hydrogens is 302 g/mol. The van der Waals surface area contributed by atoms with Crippen molar-refractivity contribution in [1.82, 2.24) is 20.2 Å². The number of nitrogens with zero attached hydrogens (tertiary/aromatic N) is 4. The van der Waals surface area contributed by atoms with Crippen molar-refractivity contribution in [1.29, 1.82) is 0 Å². The lowest BCUT2D eigenvalue weighted by atomic mass is 9.97. The number of tetrazole rings is 1. The first-order valence-electron chi connectivity index (χ1n) is 7.93. The van der Waals surface area contributed by atoms with E-state index in [2.05, 4.69) is 34.7 Å². The zero-order valence-corrected chi connectivity index (χ0v) is 14.1. The molecule has 3 rings (SSSR count). The van der Waals surface area contributed by atoms with Crippen molar-refractivity contribution >= 4 is 5.69 Å². The Morgan fingerprint density at radius 3 is 2.42 bits per heavy atom. The van der Waals surface area contributed by atoms with Crippen molar-refractivity contribution in [3.8, 4) is 11.4 Å². The number of hydrogen-bond acceptors (Lipinski definition) is 5. The van der Waals surface area contributed by atoms with Gasteiger partial charge in [-0.1, -0.05) is 25.1 Å². The van der Waals surface area contributed by atoms with Gasteiger partial charge in [0.15, 0.2) is 5.82 Å². The van der Waals surface area contributed by atoms with Gasteiger partial charge in [0.05, 0.1) is 18.3 Å². The standard InChI is InChI=1S/C18H21N5O/c1-4-18(2,19-14-10-12-16(24-3)13-11-14)17-20-21-22-23(17)15-8-6-5-7-9-15/h5-13,19H,4H2,1-3H3/t18-/m0/s1. The molecule has 0 bridgehead atoms. The molecule has 124 valence electrons. The van der Waals surface area contributed by atoms with Crippen LogP contribution in [0.4, 0.5) is 5.69 Å². The fraction of sp³-hybridized carbons (Fsp3) is 0.278. The summed E-state index contributed by atoms with van der Waals surface area (Å²) in [5, 5.41) is 15.9. The van der Waals surface area contributed by atoms with Gasteiger partial charge in [-0.2, -0.15) is 4.68 Å². The topological polar surface area (TPSA) is 64.9 Å². The molecule has 0 radical (unpaired) electrons. The first-order chi connectivity index (χ1) is 11.7. The highest BCUT2D eigenvalue weighted by Gasteiger charge is 2.31. The van der Waals surface area contributed by atoms with Crippen LogP contribution >= 0.6 is 0 Å². The molecule has 1 heterocycles. The van der Waals surface area contributed by atoms with E-state index in [1.807, 2.05) is 54.6 Å². The van der Waals surface area contributed by atoms with Crippen LogP contribution in [0.5, 0.6) is 5.75 Å². The predicted octanol–water partition coefficient (Wildman–Crippen LogP) is 3.41. The van der Waals surface area contributed by atoms with Gasteiger partial charge in [-0.25, -0.2) is 0 Å². The lowest BCUT2D eigenvalue weighted by molar-refractivity contribution is 0.414. The Bertz CT molecular complexity index is 785. The van der Waals surface area contributed by atoms with Crippen LogP contribution in [-0.2, 0) is 5.54 Å². The Kier molecular flexibility index (Phi) is 4.46. The van der Waals surface area contributed by atoms with Crippen LogP contribution in [0.2, 0.25) is 0 Å². The van der Waals surface area contributed by atoms with Gasteiger partial charge in [-0.05, 0) is 60.2 Å². The molecule has 0 aliphatic rings. The average Bonchev–Trinajstić information content (AvgIpc) is 3.13. The average molecular weight is 323 g/mol. The van der Waals surface area contributed by atoms with E-state index >= 15 is 0 Å². The Labute approximate surface area is 141 Å². The van der Waals surface area contributed by atoms with Crippen LogP contribution in [0.15, 0.2) is 54.6 Å². The lowest BCUT2D eigenvalue weighted by Crippen LogP contribution is -2.34. The molecule has 1 atom stereocenters. The SMILES string of the molecule is CC[C@](C)(Nc1ccc(OC)cc1)c1nnnn1-c1ccccc1. The monoisotopic (exact) mass is 323 g/mol. The largest absolute Gasteiger partial charge is 0.497 e. The number of aromatic nitrogens is 4. The third-order valence-electron chi connectivity index (χ3n) is 4.18. The number of rotatable bonds is 6. The minimum absolute atomic E-state index is 0.409. The summed E-state index contributed by atoms with van der Waals surface area (Å²) in [6, 6.07) is 17.7. The molecular formula is C18H21N5O. The van der Waals surface area contributed by atoms with Crippen LogP contribution in [0, 0.1) is 0 Å². The van der Waals surface area contributed by atoms with E-state index in [0.29, 0.717) is 0 Å². The van der Waals surface area contributed by atoms with Crippen LogP contribution in [0.1, 0.15) is 26.1 Å². The second-order valence-electron chi connectivity index (χ2n) is 5.79. The normalized spacial score (nSPS) is 13.3. The van der Waals surface area contributed by atoms with E-state index < -0.39 is 5.54 Å². The minimum Gasteiger partial charge on any atom is -0.497 e. The maximum atomic E-state index is 5.21. The zero-order chi connectivity index (χ0) is 17.0. The molecule has 24 heavy (non-hydrogen) atoms. The van der Waals surface area contributed by atoms with E-state index in [9.17, 15) is 0 Å². The van der Waals surface area contributed by atoms with Crippen LogP contribution < -0.4 is 10.1 Å². The maximum Gasteiger partial charge on any atom is 0.181 e. The molecule has 6 nitrogen and oxygen atoms in total.